The van der Waals surface area contributed by atoms with E-state index in [4.69, 9.17) is 10.1 Å². The van der Waals surface area contributed by atoms with Crippen molar-refractivity contribution in [1.82, 2.24) is 24.7 Å². The van der Waals surface area contributed by atoms with Crippen molar-refractivity contribution in [3.05, 3.63) is 66.7 Å². The molecule has 0 bridgehead atoms. The Bertz CT molecular complexity index is 1180. The zero-order valence-corrected chi connectivity index (χ0v) is 16.8. The monoisotopic (exact) mass is 401 g/mol. The Morgan fingerprint density at radius 2 is 2.17 bits per heavy atom. The van der Waals surface area contributed by atoms with Crippen molar-refractivity contribution in [3.63, 3.8) is 0 Å². The van der Waals surface area contributed by atoms with Gasteiger partial charge in [0.2, 0.25) is 5.95 Å². The largest absolute Gasteiger partial charge is 0.385 e. The van der Waals surface area contributed by atoms with Gasteiger partial charge in [0.15, 0.2) is 0 Å². The molecule has 30 heavy (non-hydrogen) atoms. The van der Waals surface area contributed by atoms with Gasteiger partial charge in [-0.3, -0.25) is 9.67 Å². The second-order valence-corrected chi connectivity index (χ2v) is 7.28. The van der Waals surface area contributed by atoms with Crippen molar-refractivity contribution in [1.29, 1.82) is 0 Å². The third kappa shape index (κ3) is 3.61. The van der Waals surface area contributed by atoms with Crippen LogP contribution in [0.15, 0.2) is 61.2 Å². The van der Waals surface area contributed by atoms with Gasteiger partial charge in [-0.2, -0.15) is 5.10 Å². The highest BCUT2D eigenvalue weighted by Gasteiger charge is 2.15. The first-order valence-corrected chi connectivity index (χ1v) is 10.3. The summed E-state index contributed by atoms with van der Waals surface area (Å²) >= 11 is 0. The maximum Gasteiger partial charge on any atom is 0.227 e. The van der Waals surface area contributed by atoms with Gasteiger partial charge in [0, 0.05) is 63.2 Å². The van der Waals surface area contributed by atoms with Gasteiger partial charge in [-0.25, -0.2) is 9.97 Å². The number of hydrogen-bond acceptors (Lipinski definition) is 6. The number of aryl methyl sites for hydroxylation is 2. The van der Waals surface area contributed by atoms with E-state index in [0.717, 1.165) is 47.7 Å². The topological polar surface area (TPSA) is 80.5 Å². The number of nitrogens with one attached hydrogen (secondary N) is 2. The van der Waals surface area contributed by atoms with E-state index in [1.807, 2.05) is 35.3 Å². The first-order chi connectivity index (χ1) is 14.8. The first kappa shape index (κ1) is 18.3. The molecule has 0 aliphatic carbocycles. The molecule has 1 aromatic carbocycles. The Morgan fingerprint density at radius 1 is 1.20 bits per heavy atom. The lowest BCUT2D eigenvalue weighted by Gasteiger charge is -2.18. The van der Waals surface area contributed by atoms with Gasteiger partial charge in [-0.15, -0.1) is 0 Å². The number of rotatable bonds is 5. The molecule has 3 aromatic heterocycles. The SMILES string of the molecule is CCn1cc(-c2ccnc(Nc3ccc4c(c3)NCCC4)n2)c(-c2cccnc2)n1.[HH].[HH]. The van der Waals surface area contributed by atoms with Crippen molar-refractivity contribution in [2.24, 2.45) is 0 Å². The van der Waals surface area contributed by atoms with Crippen LogP contribution in [0.25, 0.3) is 22.5 Å². The van der Waals surface area contributed by atoms with Crippen LogP contribution in [-0.4, -0.2) is 31.3 Å². The van der Waals surface area contributed by atoms with Crippen LogP contribution in [-0.2, 0) is 13.0 Å². The second kappa shape index (κ2) is 7.94. The number of aromatic nitrogens is 5. The molecule has 0 spiro atoms. The van der Waals surface area contributed by atoms with E-state index < -0.39 is 0 Å². The van der Waals surface area contributed by atoms with E-state index in [1.165, 1.54) is 17.7 Å². The van der Waals surface area contributed by atoms with Crippen molar-refractivity contribution in [3.8, 4) is 22.5 Å². The minimum atomic E-state index is 0. The van der Waals surface area contributed by atoms with Crippen LogP contribution < -0.4 is 10.6 Å². The minimum absolute atomic E-state index is 0. The van der Waals surface area contributed by atoms with E-state index in [1.54, 1.807) is 12.4 Å². The molecule has 0 amide bonds. The summed E-state index contributed by atoms with van der Waals surface area (Å²) in [4.78, 5) is 13.4. The molecule has 0 fully saturated rings. The average molecular weight is 402 g/mol. The smallest absolute Gasteiger partial charge is 0.227 e. The Balaban J connectivity index is 0.00000144. The summed E-state index contributed by atoms with van der Waals surface area (Å²) in [6.07, 6.45) is 9.68. The molecule has 7 heteroatoms. The lowest BCUT2D eigenvalue weighted by Crippen LogP contribution is -2.11. The molecule has 1 aliphatic rings. The number of pyridine rings is 1. The molecule has 5 rings (SSSR count). The van der Waals surface area contributed by atoms with Crippen molar-refractivity contribution >= 4 is 17.3 Å². The Morgan fingerprint density at radius 3 is 3.03 bits per heavy atom. The van der Waals surface area contributed by atoms with Crippen molar-refractivity contribution in [2.75, 3.05) is 17.2 Å². The fourth-order valence-electron chi connectivity index (χ4n) is 3.72. The van der Waals surface area contributed by atoms with Gasteiger partial charge < -0.3 is 10.6 Å². The molecule has 4 heterocycles. The van der Waals surface area contributed by atoms with E-state index in [9.17, 15) is 0 Å². The van der Waals surface area contributed by atoms with Gasteiger partial charge in [0.1, 0.15) is 5.69 Å². The molecule has 0 unspecified atom stereocenters. The number of benzene rings is 1. The molecule has 154 valence electrons. The van der Waals surface area contributed by atoms with Crippen LogP contribution in [0.2, 0.25) is 0 Å². The zero-order valence-electron chi connectivity index (χ0n) is 16.8. The number of anilines is 3. The molecule has 2 N–H and O–H groups in total. The Labute approximate surface area is 178 Å². The lowest BCUT2D eigenvalue weighted by molar-refractivity contribution is 0.662. The maximum absolute atomic E-state index is 4.77. The molecule has 7 nitrogen and oxygen atoms in total. The highest BCUT2D eigenvalue weighted by molar-refractivity contribution is 5.78. The van der Waals surface area contributed by atoms with E-state index in [-0.39, 0.29) is 2.85 Å². The summed E-state index contributed by atoms with van der Waals surface area (Å²) in [5.41, 5.74) is 7.13. The molecule has 4 aromatic rings. The highest BCUT2D eigenvalue weighted by Crippen LogP contribution is 2.31. The normalized spacial score (nSPS) is 12.8. The van der Waals surface area contributed by atoms with Gasteiger partial charge in [0.05, 0.1) is 5.69 Å². The Kier molecular flexibility index (Phi) is 4.85. The van der Waals surface area contributed by atoms with Crippen LogP contribution in [0.3, 0.4) is 0 Å². The molecule has 0 saturated heterocycles. The summed E-state index contributed by atoms with van der Waals surface area (Å²) in [6.45, 7) is 3.87. The highest BCUT2D eigenvalue weighted by atomic mass is 15.3. The van der Waals surface area contributed by atoms with Crippen LogP contribution >= 0.6 is 0 Å². The quantitative estimate of drug-likeness (QED) is 0.489. The van der Waals surface area contributed by atoms with Crippen molar-refractivity contribution in [2.45, 2.75) is 26.3 Å². The third-order valence-corrected chi connectivity index (χ3v) is 5.26. The van der Waals surface area contributed by atoms with E-state index in [0.29, 0.717) is 5.95 Å². The summed E-state index contributed by atoms with van der Waals surface area (Å²) in [6, 6.07) is 12.2. The number of hydrogen-bond donors (Lipinski definition) is 2. The number of fused-ring (bicyclic) bond motifs is 1. The zero-order chi connectivity index (χ0) is 20.3. The molecule has 0 radical (unpaired) electrons. The molecular weight excluding hydrogens is 374 g/mol. The second-order valence-electron chi connectivity index (χ2n) is 7.28. The van der Waals surface area contributed by atoms with Crippen molar-refractivity contribution < 1.29 is 2.85 Å². The Hall–Kier alpha value is -3.74. The molecule has 0 atom stereocenters. The van der Waals surface area contributed by atoms with E-state index in [2.05, 4.69) is 45.7 Å². The standard InChI is InChI=1S/C23H23N7.2H2/c1-2-30-15-19(22(29-30)17-6-3-10-24-14-17)20-9-12-26-23(28-20)27-18-8-7-16-5-4-11-25-21(16)13-18;;/h3,6-10,12-15,25H,2,4-5,11H2,1H3,(H,26,27,28);2*1H. The van der Waals surface area contributed by atoms with Crippen LogP contribution in [0.4, 0.5) is 17.3 Å². The van der Waals surface area contributed by atoms with Gasteiger partial charge in [-0.1, -0.05) is 6.07 Å². The first-order valence-electron chi connectivity index (χ1n) is 10.3. The minimum Gasteiger partial charge on any atom is -0.385 e. The lowest BCUT2D eigenvalue weighted by atomic mass is 10.0. The summed E-state index contributed by atoms with van der Waals surface area (Å²) in [7, 11) is 0. The van der Waals surface area contributed by atoms with Crippen LogP contribution in [0.5, 0.6) is 0 Å². The fourth-order valence-corrected chi connectivity index (χ4v) is 3.72. The summed E-state index contributed by atoms with van der Waals surface area (Å²) in [5, 5.41) is 11.5. The fraction of sp³-hybridized carbons (Fsp3) is 0.217. The summed E-state index contributed by atoms with van der Waals surface area (Å²) < 4.78 is 1.92. The predicted octanol–water partition coefficient (Wildman–Crippen LogP) is 5.02. The summed E-state index contributed by atoms with van der Waals surface area (Å²) in [5.74, 6) is 0.560. The third-order valence-electron chi connectivity index (χ3n) is 5.26. The average Bonchev–Trinajstić information content (AvgIpc) is 3.25. The van der Waals surface area contributed by atoms with Crippen LogP contribution in [0, 0.1) is 0 Å². The van der Waals surface area contributed by atoms with Crippen LogP contribution in [0.1, 0.15) is 21.8 Å². The maximum atomic E-state index is 4.77. The molecular formula is C23H27N7. The molecule has 0 saturated carbocycles. The van der Waals surface area contributed by atoms with E-state index >= 15 is 0 Å². The number of nitrogens with zero attached hydrogens (tertiary/aromatic N) is 5. The van der Waals surface area contributed by atoms with Gasteiger partial charge >= 0.3 is 0 Å². The predicted molar refractivity (Wildman–Crippen MR) is 123 cm³/mol. The molecule has 1 aliphatic heterocycles. The van der Waals surface area contributed by atoms with Gasteiger partial charge in [-0.05, 0) is 55.7 Å². The van der Waals surface area contributed by atoms with Gasteiger partial charge in [0.25, 0.3) is 0 Å².